The summed E-state index contributed by atoms with van der Waals surface area (Å²) >= 11 is 3.14. The summed E-state index contributed by atoms with van der Waals surface area (Å²) in [6.07, 6.45) is 3.45. The third kappa shape index (κ3) is 4.18. The molecule has 5 heterocycles. The molecule has 2 N–H and O–H groups in total. The minimum atomic E-state index is -0.0814. The van der Waals surface area contributed by atoms with Gasteiger partial charge < -0.3 is 20.4 Å². The van der Waals surface area contributed by atoms with Crippen LogP contribution in [0.1, 0.15) is 33.9 Å². The molecule has 0 aromatic carbocycles. The van der Waals surface area contributed by atoms with Crippen LogP contribution in [0.3, 0.4) is 0 Å². The number of carbonyl (C=O) groups excluding carboxylic acids is 2. The molecule has 0 spiro atoms. The zero-order valence-corrected chi connectivity index (χ0v) is 20.3. The monoisotopic (exact) mass is 483 g/mol. The number of urea groups is 1. The van der Waals surface area contributed by atoms with Crippen LogP contribution in [-0.4, -0.2) is 68.9 Å². The zero-order chi connectivity index (χ0) is 23.1. The average Bonchev–Trinajstić information content (AvgIpc) is 3.48. The highest BCUT2D eigenvalue weighted by molar-refractivity contribution is 7.16. The predicted octanol–water partition coefficient (Wildman–Crippen LogP) is 3.65. The Bertz CT molecular complexity index is 1180. The molecule has 2 unspecified atom stereocenters. The lowest BCUT2D eigenvalue weighted by Gasteiger charge is -2.40. The van der Waals surface area contributed by atoms with Crippen LogP contribution in [0.4, 0.5) is 15.7 Å². The van der Waals surface area contributed by atoms with E-state index < -0.39 is 0 Å². The lowest BCUT2D eigenvalue weighted by Crippen LogP contribution is -2.58. The van der Waals surface area contributed by atoms with Gasteiger partial charge in [0.1, 0.15) is 5.82 Å². The van der Waals surface area contributed by atoms with Gasteiger partial charge in [-0.1, -0.05) is 0 Å². The van der Waals surface area contributed by atoms with Gasteiger partial charge >= 0.3 is 6.03 Å². The number of carbonyl (C=O) groups is 2. The first-order valence-corrected chi connectivity index (χ1v) is 12.5. The van der Waals surface area contributed by atoms with Gasteiger partial charge in [0.2, 0.25) is 0 Å². The number of piperazine rings is 1. The first-order valence-electron chi connectivity index (χ1n) is 10.8. The molecule has 2 bridgehead atoms. The maximum Gasteiger partial charge on any atom is 0.317 e. The number of rotatable bonds is 4. The maximum atomic E-state index is 13.2. The van der Waals surface area contributed by atoms with Gasteiger partial charge in [-0.15, -0.1) is 22.7 Å². The number of pyridine rings is 1. The molecule has 3 aromatic heterocycles. The summed E-state index contributed by atoms with van der Waals surface area (Å²) in [7, 11) is 1.64. The Morgan fingerprint density at radius 3 is 2.48 bits per heavy atom. The Hall–Kier alpha value is -3.05. The van der Waals surface area contributed by atoms with Crippen molar-refractivity contribution >= 4 is 45.6 Å². The van der Waals surface area contributed by atoms with Crippen molar-refractivity contribution in [2.75, 3.05) is 25.5 Å². The van der Waals surface area contributed by atoms with E-state index in [1.54, 1.807) is 41.6 Å². The van der Waals surface area contributed by atoms with Crippen molar-refractivity contribution in [3.05, 3.63) is 40.0 Å². The summed E-state index contributed by atoms with van der Waals surface area (Å²) in [5, 5.41) is 9.68. The summed E-state index contributed by atoms with van der Waals surface area (Å²) in [5.74, 6) is 0.614. The SMILES string of the molecule is CNC(=O)N1CC2CCC(C1)N2C(=O)c1ccc(Nc2nc(-c3sc(C)nc3C)cs2)nc1. The Kier molecular flexibility index (Phi) is 5.75. The maximum absolute atomic E-state index is 13.2. The van der Waals surface area contributed by atoms with E-state index in [1.165, 1.54) is 11.3 Å². The topological polar surface area (TPSA) is 103 Å². The molecule has 33 heavy (non-hydrogen) atoms. The van der Waals surface area contributed by atoms with Crippen LogP contribution in [-0.2, 0) is 0 Å². The predicted molar refractivity (Wildman–Crippen MR) is 129 cm³/mol. The highest BCUT2D eigenvalue weighted by Crippen LogP contribution is 2.34. The molecule has 2 saturated heterocycles. The summed E-state index contributed by atoms with van der Waals surface area (Å²) in [4.78, 5) is 43.6. The van der Waals surface area contributed by atoms with Gasteiger partial charge in [-0.3, -0.25) is 4.79 Å². The second kappa shape index (κ2) is 8.71. The van der Waals surface area contributed by atoms with Crippen LogP contribution in [0.15, 0.2) is 23.7 Å². The molecule has 172 valence electrons. The molecule has 2 aliphatic rings. The number of nitrogens with one attached hydrogen (secondary N) is 2. The second-order valence-corrected chi connectivity index (χ2v) is 10.4. The molecule has 9 nitrogen and oxygen atoms in total. The summed E-state index contributed by atoms with van der Waals surface area (Å²) < 4.78 is 0. The van der Waals surface area contributed by atoms with Crippen LogP contribution in [0.5, 0.6) is 0 Å². The van der Waals surface area contributed by atoms with Gasteiger partial charge in [0.25, 0.3) is 5.91 Å². The first-order chi connectivity index (χ1) is 15.9. The van der Waals surface area contributed by atoms with E-state index in [0.29, 0.717) is 24.5 Å². The number of fused-ring (bicyclic) bond motifs is 2. The van der Waals surface area contributed by atoms with E-state index in [1.807, 2.05) is 24.1 Å². The van der Waals surface area contributed by atoms with E-state index in [-0.39, 0.29) is 24.0 Å². The second-order valence-electron chi connectivity index (χ2n) is 8.30. The molecule has 2 aliphatic heterocycles. The number of hydrogen-bond donors (Lipinski definition) is 2. The number of hydrogen-bond acceptors (Lipinski definition) is 8. The van der Waals surface area contributed by atoms with Crippen molar-refractivity contribution in [1.29, 1.82) is 0 Å². The van der Waals surface area contributed by atoms with E-state index in [4.69, 9.17) is 0 Å². The van der Waals surface area contributed by atoms with Crippen molar-refractivity contribution in [2.45, 2.75) is 38.8 Å². The number of likely N-dealkylation sites (tertiary alicyclic amines) is 1. The number of anilines is 2. The van der Waals surface area contributed by atoms with Crippen molar-refractivity contribution < 1.29 is 9.59 Å². The Balaban J connectivity index is 1.25. The quantitative estimate of drug-likeness (QED) is 0.587. The van der Waals surface area contributed by atoms with Crippen molar-refractivity contribution in [2.24, 2.45) is 0 Å². The molecular weight excluding hydrogens is 458 g/mol. The minimum Gasteiger partial charge on any atom is -0.341 e. The van der Waals surface area contributed by atoms with Crippen LogP contribution in [0, 0.1) is 13.8 Å². The van der Waals surface area contributed by atoms with E-state index in [2.05, 4.69) is 25.6 Å². The fourth-order valence-corrected chi connectivity index (χ4v) is 6.28. The van der Waals surface area contributed by atoms with Crippen LogP contribution in [0.25, 0.3) is 10.6 Å². The van der Waals surface area contributed by atoms with Gasteiger partial charge in [-0.25, -0.2) is 19.7 Å². The van der Waals surface area contributed by atoms with Crippen molar-refractivity contribution in [1.82, 2.24) is 30.1 Å². The number of aromatic nitrogens is 3. The molecule has 2 atom stereocenters. The molecular formula is C22H25N7O2S2. The molecule has 3 amide bonds. The van der Waals surface area contributed by atoms with Gasteiger partial charge in [-0.05, 0) is 38.8 Å². The smallest absolute Gasteiger partial charge is 0.317 e. The van der Waals surface area contributed by atoms with E-state index in [9.17, 15) is 9.59 Å². The molecule has 0 radical (unpaired) electrons. The molecule has 0 aliphatic carbocycles. The third-order valence-electron chi connectivity index (χ3n) is 6.10. The fraction of sp³-hybridized carbons (Fsp3) is 0.409. The average molecular weight is 484 g/mol. The lowest BCUT2D eigenvalue weighted by atomic mass is 10.1. The first kappa shape index (κ1) is 21.8. The highest BCUT2D eigenvalue weighted by atomic mass is 32.1. The van der Waals surface area contributed by atoms with Crippen LogP contribution < -0.4 is 10.6 Å². The molecule has 2 fully saturated rings. The van der Waals surface area contributed by atoms with Crippen molar-refractivity contribution in [3.63, 3.8) is 0 Å². The molecule has 3 aromatic rings. The molecule has 11 heteroatoms. The number of nitrogens with zero attached hydrogens (tertiary/aromatic N) is 5. The minimum absolute atomic E-state index is 0.0225. The van der Waals surface area contributed by atoms with Crippen LogP contribution >= 0.6 is 22.7 Å². The fourth-order valence-electron chi connectivity index (χ4n) is 4.62. The van der Waals surface area contributed by atoms with E-state index >= 15 is 0 Å². The Labute approximate surface area is 199 Å². The highest BCUT2D eigenvalue weighted by Gasteiger charge is 2.43. The van der Waals surface area contributed by atoms with Gasteiger partial charge in [-0.2, -0.15) is 0 Å². The lowest BCUT2D eigenvalue weighted by molar-refractivity contribution is 0.0483. The van der Waals surface area contributed by atoms with E-state index in [0.717, 1.165) is 39.2 Å². The Morgan fingerprint density at radius 1 is 1.12 bits per heavy atom. The zero-order valence-electron chi connectivity index (χ0n) is 18.7. The van der Waals surface area contributed by atoms with Crippen LogP contribution in [0.2, 0.25) is 0 Å². The largest absolute Gasteiger partial charge is 0.341 e. The van der Waals surface area contributed by atoms with Crippen molar-refractivity contribution in [3.8, 4) is 10.6 Å². The molecule has 5 rings (SSSR count). The third-order valence-corrected chi connectivity index (χ3v) is 7.96. The number of thiazole rings is 2. The summed E-state index contributed by atoms with van der Waals surface area (Å²) in [6, 6.07) is 3.63. The Morgan fingerprint density at radius 2 is 1.88 bits per heavy atom. The number of aryl methyl sites for hydroxylation is 2. The van der Waals surface area contributed by atoms with Gasteiger partial charge in [0.15, 0.2) is 5.13 Å². The summed E-state index contributed by atoms with van der Waals surface area (Å²) in [6.45, 7) is 5.13. The molecule has 0 saturated carbocycles. The van der Waals surface area contributed by atoms with Gasteiger partial charge in [0, 0.05) is 31.7 Å². The number of amides is 3. The van der Waals surface area contributed by atoms with Gasteiger partial charge in [0.05, 0.1) is 38.9 Å². The normalized spacial score (nSPS) is 19.6. The summed E-state index contributed by atoms with van der Waals surface area (Å²) in [5.41, 5.74) is 2.45. The standard InChI is InChI=1S/C22H25N7O2S2/c1-12-19(33-13(2)25-12)17-11-32-21(26-17)27-18-7-4-14(8-24-18)20(30)29-15-5-6-16(29)10-28(9-15)22(31)23-3/h4,7-8,11,15-16H,5-6,9-10H2,1-3H3,(H,23,31)(H,24,26,27).